The average molecular weight is 333 g/mol. The summed E-state index contributed by atoms with van der Waals surface area (Å²) in [5.74, 6) is 0.495. The maximum Gasteiger partial charge on any atom is 0.229 e. The normalized spacial score (nSPS) is 17.2. The summed E-state index contributed by atoms with van der Waals surface area (Å²) in [5.41, 5.74) is 7.80. The van der Waals surface area contributed by atoms with Gasteiger partial charge in [0.2, 0.25) is 5.91 Å². The highest BCUT2D eigenvalue weighted by Gasteiger charge is 2.26. The number of hydrogen-bond acceptors (Lipinski definition) is 3. The maximum atomic E-state index is 12.6. The predicted molar refractivity (Wildman–Crippen MR) is 92.9 cm³/mol. The van der Waals surface area contributed by atoms with Gasteiger partial charge in [-0.15, -0.1) is 12.4 Å². The van der Waals surface area contributed by atoms with Crippen LogP contribution in [0, 0.1) is 0 Å². The molecule has 1 aliphatic heterocycles. The minimum absolute atomic E-state index is 0. The third-order valence-electron chi connectivity index (χ3n) is 4.03. The second kappa shape index (κ2) is 7.99. The van der Waals surface area contributed by atoms with Crippen molar-refractivity contribution < 1.29 is 9.53 Å². The van der Waals surface area contributed by atoms with Crippen molar-refractivity contribution in [1.82, 2.24) is 5.32 Å². The number of rotatable bonds is 4. The van der Waals surface area contributed by atoms with Gasteiger partial charge in [0.15, 0.2) is 0 Å². The van der Waals surface area contributed by atoms with Gasteiger partial charge < -0.3 is 15.8 Å². The lowest BCUT2D eigenvalue weighted by Gasteiger charge is -2.28. The Kier molecular flexibility index (Phi) is 6.02. The van der Waals surface area contributed by atoms with Gasteiger partial charge in [-0.1, -0.05) is 48.5 Å². The third-order valence-corrected chi connectivity index (χ3v) is 4.03. The van der Waals surface area contributed by atoms with E-state index in [1.54, 1.807) is 0 Å². The molecule has 0 aliphatic carbocycles. The van der Waals surface area contributed by atoms with Gasteiger partial charge in [0, 0.05) is 18.5 Å². The van der Waals surface area contributed by atoms with E-state index in [4.69, 9.17) is 10.5 Å². The van der Waals surface area contributed by atoms with E-state index in [0.717, 1.165) is 23.3 Å². The fourth-order valence-corrected chi connectivity index (χ4v) is 2.84. The van der Waals surface area contributed by atoms with Gasteiger partial charge in [0.05, 0.1) is 18.6 Å². The van der Waals surface area contributed by atoms with Gasteiger partial charge in [-0.3, -0.25) is 4.79 Å². The Morgan fingerprint density at radius 1 is 1.17 bits per heavy atom. The Bertz CT molecular complexity index is 648. The molecule has 1 amide bonds. The first-order valence-electron chi connectivity index (χ1n) is 7.56. The summed E-state index contributed by atoms with van der Waals surface area (Å²) in [4.78, 5) is 12.6. The zero-order chi connectivity index (χ0) is 15.4. The minimum atomic E-state index is -0.323. The lowest BCUT2D eigenvalue weighted by atomic mass is 9.96. The van der Waals surface area contributed by atoms with Gasteiger partial charge in [-0.05, 0) is 11.6 Å². The molecular weight excluding hydrogens is 312 g/mol. The highest BCUT2D eigenvalue weighted by atomic mass is 35.5. The van der Waals surface area contributed by atoms with E-state index in [2.05, 4.69) is 5.32 Å². The summed E-state index contributed by atoms with van der Waals surface area (Å²) in [7, 11) is 0. The SMILES string of the molecule is Cl.NCC(C(=O)NC1CCOc2ccccc21)c1ccccc1. The first-order valence-corrected chi connectivity index (χ1v) is 7.56. The standard InChI is InChI=1S/C18H20N2O2.ClH/c19-12-15(13-6-2-1-3-7-13)18(21)20-16-10-11-22-17-9-5-4-8-14(16)17;/h1-9,15-16H,10-12,19H2,(H,20,21);1H. The molecular formula is C18H21ClN2O2. The lowest BCUT2D eigenvalue weighted by molar-refractivity contribution is -0.123. The number of para-hydroxylation sites is 1. The van der Waals surface area contributed by atoms with Gasteiger partial charge in [-0.2, -0.15) is 0 Å². The Morgan fingerprint density at radius 3 is 2.61 bits per heavy atom. The van der Waals surface area contributed by atoms with Crippen molar-refractivity contribution in [3.8, 4) is 5.75 Å². The summed E-state index contributed by atoms with van der Waals surface area (Å²) < 4.78 is 5.63. The largest absolute Gasteiger partial charge is 0.493 e. The minimum Gasteiger partial charge on any atom is -0.493 e. The molecule has 2 unspecified atom stereocenters. The van der Waals surface area contributed by atoms with Crippen LogP contribution < -0.4 is 15.8 Å². The number of benzene rings is 2. The number of halogens is 1. The first kappa shape index (κ1) is 17.3. The number of nitrogens with one attached hydrogen (secondary N) is 1. The monoisotopic (exact) mass is 332 g/mol. The van der Waals surface area contributed by atoms with E-state index in [1.165, 1.54) is 0 Å². The lowest BCUT2D eigenvalue weighted by Crippen LogP contribution is -2.37. The average Bonchev–Trinajstić information content (AvgIpc) is 2.57. The Balaban J connectivity index is 0.00000192. The second-order valence-electron chi connectivity index (χ2n) is 5.44. The van der Waals surface area contributed by atoms with Crippen molar-refractivity contribution in [2.75, 3.05) is 13.2 Å². The van der Waals surface area contributed by atoms with Crippen molar-refractivity contribution in [2.24, 2.45) is 5.73 Å². The molecule has 1 heterocycles. The smallest absolute Gasteiger partial charge is 0.229 e. The number of amides is 1. The topological polar surface area (TPSA) is 64.4 Å². The van der Waals surface area contributed by atoms with Crippen molar-refractivity contribution in [1.29, 1.82) is 0 Å². The number of fused-ring (bicyclic) bond motifs is 1. The number of carbonyl (C=O) groups excluding carboxylic acids is 1. The van der Waals surface area contributed by atoms with Gasteiger partial charge >= 0.3 is 0 Å². The Hall–Kier alpha value is -2.04. The first-order chi connectivity index (χ1) is 10.8. The van der Waals surface area contributed by atoms with Crippen LogP contribution in [0.3, 0.4) is 0 Å². The van der Waals surface area contributed by atoms with Crippen molar-refractivity contribution in [3.63, 3.8) is 0 Å². The molecule has 3 rings (SSSR count). The van der Waals surface area contributed by atoms with Crippen LogP contribution in [0.4, 0.5) is 0 Å². The van der Waals surface area contributed by atoms with Crippen LogP contribution in [0.25, 0.3) is 0 Å². The molecule has 4 nitrogen and oxygen atoms in total. The Labute approximate surface area is 142 Å². The summed E-state index contributed by atoms with van der Waals surface area (Å²) in [6, 6.07) is 17.5. The molecule has 2 atom stereocenters. The zero-order valence-corrected chi connectivity index (χ0v) is 13.6. The number of ether oxygens (including phenoxy) is 1. The molecule has 23 heavy (non-hydrogen) atoms. The number of nitrogens with two attached hydrogens (primary N) is 1. The zero-order valence-electron chi connectivity index (χ0n) is 12.8. The Morgan fingerprint density at radius 2 is 1.87 bits per heavy atom. The van der Waals surface area contributed by atoms with E-state index in [1.807, 2.05) is 54.6 Å². The molecule has 0 fully saturated rings. The quantitative estimate of drug-likeness (QED) is 0.905. The van der Waals surface area contributed by atoms with Gasteiger partial charge in [0.25, 0.3) is 0 Å². The summed E-state index contributed by atoms with van der Waals surface area (Å²) in [5, 5.41) is 3.13. The molecule has 0 saturated heterocycles. The molecule has 3 N–H and O–H groups in total. The molecule has 0 aromatic heterocycles. The van der Waals surface area contributed by atoms with Crippen LogP contribution in [-0.4, -0.2) is 19.1 Å². The van der Waals surface area contributed by atoms with E-state index in [9.17, 15) is 4.79 Å². The van der Waals surface area contributed by atoms with E-state index in [0.29, 0.717) is 13.2 Å². The molecule has 2 aromatic carbocycles. The van der Waals surface area contributed by atoms with E-state index in [-0.39, 0.29) is 30.3 Å². The van der Waals surface area contributed by atoms with Crippen molar-refractivity contribution in [2.45, 2.75) is 18.4 Å². The fraction of sp³-hybridized carbons (Fsp3) is 0.278. The predicted octanol–water partition coefficient (Wildman–Crippen LogP) is 2.79. The van der Waals surface area contributed by atoms with Crippen molar-refractivity contribution >= 4 is 18.3 Å². The molecule has 122 valence electrons. The van der Waals surface area contributed by atoms with Gasteiger partial charge in [0.1, 0.15) is 5.75 Å². The maximum absolute atomic E-state index is 12.6. The summed E-state index contributed by atoms with van der Waals surface area (Å²) >= 11 is 0. The highest BCUT2D eigenvalue weighted by molar-refractivity contribution is 5.85. The fourth-order valence-electron chi connectivity index (χ4n) is 2.84. The molecule has 5 heteroatoms. The van der Waals surface area contributed by atoms with Crippen LogP contribution in [0.2, 0.25) is 0 Å². The van der Waals surface area contributed by atoms with Gasteiger partial charge in [-0.25, -0.2) is 0 Å². The number of hydrogen-bond donors (Lipinski definition) is 2. The van der Waals surface area contributed by atoms with Crippen molar-refractivity contribution in [3.05, 3.63) is 65.7 Å². The summed E-state index contributed by atoms with van der Waals surface area (Å²) in [6.07, 6.45) is 0.773. The molecule has 0 bridgehead atoms. The molecule has 0 spiro atoms. The molecule has 2 aromatic rings. The van der Waals surface area contributed by atoms with E-state index >= 15 is 0 Å². The van der Waals surface area contributed by atoms with Crippen LogP contribution in [0.15, 0.2) is 54.6 Å². The van der Waals surface area contributed by atoms with Crippen LogP contribution in [0.1, 0.15) is 29.5 Å². The van der Waals surface area contributed by atoms with Crippen LogP contribution in [0.5, 0.6) is 5.75 Å². The van der Waals surface area contributed by atoms with Crippen LogP contribution >= 0.6 is 12.4 Å². The number of carbonyl (C=O) groups is 1. The molecule has 0 saturated carbocycles. The van der Waals surface area contributed by atoms with Crippen LogP contribution in [-0.2, 0) is 4.79 Å². The summed E-state index contributed by atoms with van der Waals surface area (Å²) in [6.45, 7) is 0.904. The van der Waals surface area contributed by atoms with E-state index < -0.39 is 0 Å². The molecule has 1 aliphatic rings. The highest BCUT2D eigenvalue weighted by Crippen LogP contribution is 2.32. The third kappa shape index (κ3) is 3.84. The second-order valence-corrected chi connectivity index (χ2v) is 5.44. The molecule has 0 radical (unpaired) electrons.